The second-order valence-electron chi connectivity index (χ2n) is 5.98. The highest BCUT2D eigenvalue weighted by atomic mass is 79.9. The first-order chi connectivity index (χ1) is 12.5. The molecule has 2 aromatic rings. The Labute approximate surface area is 163 Å². The molecule has 1 amide bonds. The minimum absolute atomic E-state index is 0.401. The smallest absolute Gasteiger partial charge is 0.417 e. The average molecular weight is 444 g/mol. The van der Waals surface area contributed by atoms with Crippen molar-refractivity contribution in [2.75, 3.05) is 14.2 Å². The van der Waals surface area contributed by atoms with Crippen LogP contribution in [0.4, 0.5) is 13.2 Å². The maximum Gasteiger partial charge on any atom is 0.417 e. The van der Waals surface area contributed by atoms with E-state index in [0.29, 0.717) is 5.56 Å². The van der Waals surface area contributed by atoms with Gasteiger partial charge in [0.2, 0.25) is 0 Å². The number of rotatable bonds is 4. The lowest BCUT2D eigenvalue weighted by Gasteiger charge is -2.37. The number of benzene rings is 2. The highest BCUT2D eigenvalue weighted by Crippen LogP contribution is 2.35. The van der Waals surface area contributed by atoms with E-state index in [0.717, 1.165) is 28.6 Å². The van der Waals surface area contributed by atoms with Gasteiger partial charge in [0.15, 0.2) is 5.54 Å². The summed E-state index contributed by atoms with van der Waals surface area (Å²) in [6, 6.07) is 11.0. The Bertz CT molecular complexity index is 852. The van der Waals surface area contributed by atoms with E-state index in [2.05, 4.69) is 15.9 Å². The zero-order chi connectivity index (χ0) is 20.4. The van der Waals surface area contributed by atoms with E-state index in [-0.39, 0.29) is 0 Å². The fourth-order valence-electron chi connectivity index (χ4n) is 2.72. The van der Waals surface area contributed by atoms with Crippen molar-refractivity contribution in [3.05, 3.63) is 69.7 Å². The van der Waals surface area contributed by atoms with E-state index < -0.39 is 34.7 Å². The monoisotopic (exact) mass is 443 g/mol. The number of ether oxygens (including phenoxy) is 1. The Morgan fingerprint density at radius 2 is 1.59 bits per heavy atom. The molecule has 0 radical (unpaired) electrons. The molecule has 8 heteroatoms. The molecule has 1 atom stereocenters. The van der Waals surface area contributed by atoms with Crippen LogP contribution in [0.25, 0.3) is 0 Å². The lowest BCUT2D eigenvalue weighted by Crippen LogP contribution is -2.51. The molecule has 2 aromatic carbocycles. The van der Waals surface area contributed by atoms with Crippen molar-refractivity contribution in [1.29, 1.82) is 0 Å². The van der Waals surface area contributed by atoms with Crippen molar-refractivity contribution in [2.24, 2.45) is 0 Å². The Kier molecular flexibility index (Phi) is 5.99. The Hall–Kier alpha value is -2.35. The molecule has 0 saturated carbocycles. The standard InChI is InChI=1S/C19H17BrF3NO3/c1-18(17(26)27-3,12-8-10-13(20)11-9-12)24(2)16(25)14-6-4-5-7-15(14)19(21,22)23/h4-11H,1-3H3. The summed E-state index contributed by atoms with van der Waals surface area (Å²) in [5, 5.41) is 0. The number of hydrogen-bond acceptors (Lipinski definition) is 3. The zero-order valence-electron chi connectivity index (χ0n) is 14.8. The normalized spacial score (nSPS) is 13.6. The van der Waals surface area contributed by atoms with E-state index in [1.807, 2.05) is 0 Å². The third-order valence-electron chi connectivity index (χ3n) is 4.43. The van der Waals surface area contributed by atoms with Crippen LogP contribution in [0.15, 0.2) is 53.0 Å². The van der Waals surface area contributed by atoms with Gasteiger partial charge in [0.25, 0.3) is 5.91 Å². The van der Waals surface area contributed by atoms with Gasteiger partial charge < -0.3 is 9.64 Å². The molecule has 0 saturated heterocycles. The number of methoxy groups -OCH3 is 1. The van der Waals surface area contributed by atoms with Crippen molar-refractivity contribution >= 4 is 27.8 Å². The maximum atomic E-state index is 13.3. The first-order valence-electron chi connectivity index (χ1n) is 7.82. The van der Waals surface area contributed by atoms with Crippen LogP contribution >= 0.6 is 15.9 Å². The van der Waals surface area contributed by atoms with Gasteiger partial charge in [-0.2, -0.15) is 13.2 Å². The largest absolute Gasteiger partial charge is 0.467 e. The van der Waals surface area contributed by atoms with Gasteiger partial charge in [-0.15, -0.1) is 0 Å². The summed E-state index contributed by atoms with van der Waals surface area (Å²) in [4.78, 5) is 26.4. The van der Waals surface area contributed by atoms with Crippen LogP contribution in [0.3, 0.4) is 0 Å². The van der Waals surface area contributed by atoms with Gasteiger partial charge in [0.1, 0.15) is 0 Å². The molecule has 0 aliphatic rings. The van der Waals surface area contributed by atoms with Crippen molar-refractivity contribution < 1.29 is 27.5 Å². The van der Waals surface area contributed by atoms with E-state index in [1.54, 1.807) is 24.3 Å². The molecule has 0 aliphatic carbocycles. The molecule has 0 bridgehead atoms. The molecule has 0 N–H and O–H groups in total. The predicted molar refractivity (Wildman–Crippen MR) is 97.0 cm³/mol. The second-order valence-corrected chi connectivity index (χ2v) is 6.89. The van der Waals surface area contributed by atoms with Crippen LogP contribution in [-0.4, -0.2) is 30.9 Å². The van der Waals surface area contributed by atoms with Crippen LogP contribution < -0.4 is 0 Å². The number of halogens is 4. The van der Waals surface area contributed by atoms with Gasteiger partial charge in [0, 0.05) is 11.5 Å². The SMILES string of the molecule is COC(=O)C(C)(c1ccc(Br)cc1)N(C)C(=O)c1ccccc1C(F)(F)F. The summed E-state index contributed by atoms with van der Waals surface area (Å²) >= 11 is 3.28. The maximum absolute atomic E-state index is 13.3. The molecule has 2 rings (SSSR count). The van der Waals surface area contributed by atoms with Gasteiger partial charge in [-0.1, -0.05) is 40.2 Å². The Morgan fingerprint density at radius 1 is 1.04 bits per heavy atom. The average Bonchev–Trinajstić information content (AvgIpc) is 2.65. The fourth-order valence-corrected chi connectivity index (χ4v) is 2.99. The zero-order valence-corrected chi connectivity index (χ0v) is 16.4. The van der Waals surface area contributed by atoms with Gasteiger partial charge in [-0.05, 0) is 36.8 Å². The Morgan fingerprint density at radius 3 is 2.11 bits per heavy atom. The molecule has 0 spiro atoms. The molecule has 4 nitrogen and oxygen atoms in total. The van der Waals surface area contributed by atoms with E-state index >= 15 is 0 Å². The topological polar surface area (TPSA) is 46.6 Å². The number of nitrogens with zero attached hydrogens (tertiary/aromatic N) is 1. The van der Waals surface area contributed by atoms with Crippen LogP contribution in [0.1, 0.15) is 28.4 Å². The number of esters is 1. The number of amides is 1. The molecule has 144 valence electrons. The second kappa shape index (κ2) is 7.72. The summed E-state index contributed by atoms with van der Waals surface area (Å²) in [5.74, 6) is -1.72. The minimum atomic E-state index is -4.70. The van der Waals surface area contributed by atoms with Gasteiger partial charge in [0.05, 0.1) is 18.2 Å². The molecule has 0 heterocycles. The lowest BCUT2D eigenvalue weighted by atomic mass is 9.89. The minimum Gasteiger partial charge on any atom is -0.467 e. The number of carbonyl (C=O) groups excluding carboxylic acids is 2. The third kappa shape index (κ3) is 4.00. The summed E-state index contributed by atoms with van der Waals surface area (Å²) in [6.45, 7) is 1.43. The summed E-state index contributed by atoms with van der Waals surface area (Å²) < 4.78 is 45.5. The first-order valence-corrected chi connectivity index (χ1v) is 8.61. The summed E-state index contributed by atoms with van der Waals surface area (Å²) in [6.07, 6.45) is -4.70. The van der Waals surface area contributed by atoms with Crippen LogP contribution in [0.2, 0.25) is 0 Å². The van der Waals surface area contributed by atoms with Gasteiger partial charge in [-0.3, -0.25) is 4.79 Å². The predicted octanol–water partition coefficient (Wildman–Crippen LogP) is 4.63. The van der Waals surface area contributed by atoms with E-state index in [4.69, 9.17) is 4.74 Å². The van der Waals surface area contributed by atoms with Gasteiger partial charge >= 0.3 is 12.1 Å². The summed E-state index contributed by atoms with van der Waals surface area (Å²) in [7, 11) is 2.43. The van der Waals surface area contributed by atoms with Gasteiger partial charge in [-0.25, -0.2) is 4.79 Å². The Balaban J connectivity index is 2.57. The highest BCUT2D eigenvalue weighted by molar-refractivity contribution is 9.10. The van der Waals surface area contributed by atoms with Crippen molar-refractivity contribution in [3.8, 4) is 0 Å². The molecule has 0 aliphatic heterocycles. The van der Waals surface area contributed by atoms with Crippen molar-refractivity contribution in [1.82, 2.24) is 4.90 Å². The molecular weight excluding hydrogens is 427 g/mol. The van der Waals surface area contributed by atoms with Crippen LogP contribution in [0, 0.1) is 0 Å². The molecular formula is C19H17BrF3NO3. The lowest BCUT2D eigenvalue weighted by molar-refractivity contribution is -0.152. The fraction of sp³-hybridized carbons (Fsp3) is 0.263. The molecule has 0 fully saturated rings. The highest BCUT2D eigenvalue weighted by Gasteiger charge is 2.45. The third-order valence-corrected chi connectivity index (χ3v) is 4.96. The molecule has 27 heavy (non-hydrogen) atoms. The molecule has 0 aromatic heterocycles. The number of hydrogen-bond donors (Lipinski definition) is 0. The number of carbonyl (C=O) groups is 2. The van der Waals surface area contributed by atoms with E-state index in [9.17, 15) is 22.8 Å². The van der Waals surface area contributed by atoms with Crippen molar-refractivity contribution in [3.63, 3.8) is 0 Å². The quantitative estimate of drug-likeness (QED) is 0.647. The number of alkyl halides is 3. The van der Waals surface area contributed by atoms with Crippen LogP contribution in [-0.2, 0) is 21.2 Å². The van der Waals surface area contributed by atoms with Crippen molar-refractivity contribution in [2.45, 2.75) is 18.6 Å². The van der Waals surface area contributed by atoms with E-state index in [1.165, 1.54) is 26.1 Å². The summed E-state index contributed by atoms with van der Waals surface area (Å²) in [5.41, 5.74) is -2.83. The van der Waals surface area contributed by atoms with Crippen LogP contribution in [0.5, 0.6) is 0 Å². The first kappa shape index (κ1) is 21.0. The number of likely N-dealkylation sites (N-methyl/N-ethyl adjacent to an activating group) is 1. The molecule has 1 unspecified atom stereocenters.